The summed E-state index contributed by atoms with van der Waals surface area (Å²) >= 11 is 0. The van der Waals surface area contributed by atoms with Crippen LogP contribution in [0.3, 0.4) is 0 Å². The third-order valence-electron chi connectivity index (χ3n) is 6.79. The van der Waals surface area contributed by atoms with Gasteiger partial charge in [0, 0.05) is 54.7 Å². The van der Waals surface area contributed by atoms with Crippen molar-refractivity contribution >= 4 is 33.8 Å². The summed E-state index contributed by atoms with van der Waals surface area (Å²) in [6.07, 6.45) is 4.73. The first-order valence-corrected chi connectivity index (χ1v) is 11.7. The molecule has 1 amide bonds. The zero-order chi connectivity index (χ0) is 24.1. The third-order valence-corrected chi connectivity index (χ3v) is 6.79. The largest absolute Gasteiger partial charge is 0.378 e. The van der Waals surface area contributed by atoms with Crippen LogP contribution in [0.1, 0.15) is 25.5 Å². The summed E-state index contributed by atoms with van der Waals surface area (Å²) in [5.41, 5.74) is 2.64. The number of amides is 1. The zero-order valence-electron chi connectivity index (χ0n) is 19.1. The molecular weight excluding hydrogens is 454 g/mol. The smallest absolute Gasteiger partial charge is 0.281 e. The van der Waals surface area contributed by atoms with Crippen molar-refractivity contribution in [3.8, 4) is 11.3 Å². The minimum Gasteiger partial charge on any atom is -0.378 e. The van der Waals surface area contributed by atoms with Crippen molar-refractivity contribution in [2.24, 2.45) is 11.8 Å². The predicted octanol–water partition coefficient (Wildman–Crippen LogP) is 4.31. The Morgan fingerprint density at radius 1 is 1.14 bits per heavy atom. The Hall–Kier alpha value is -3.66. The highest BCUT2D eigenvalue weighted by molar-refractivity contribution is 6.00. The van der Waals surface area contributed by atoms with Crippen molar-refractivity contribution < 1.29 is 18.3 Å². The van der Waals surface area contributed by atoms with Crippen LogP contribution in [0.25, 0.3) is 27.7 Å². The van der Waals surface area contributed by atoms with Gasteiger partial charge in [-0.05, 0) is 35.9 Å². The number of pyridine rings is 3. The highest BCUT2D eigenvalue weighted by Crippen LogP contribution is 2.39. The summed E-state index contributed by atoms with van der Waals surface area (Å²) in [7, 11) is 0. The van der Waals surface area contributed by atoms with Crippen LogP contribution >= 0.6 is 0 Å². The van der Waals surface area contributed by atoms with E-state index in [0.29, 0.717) is 41.6 Å². The van der Waals surface area contributed by atoms with Gasteiger partial charge >= 0.3 is 0 Å². The first-order valence-electron chi connectivity index (χ1n) is 11.7. The third kappa shape index (κ3) is 4.07. The summed E-state index contributed by atoms with van der Waals surface area (Å²) in [5.74, 6) is 0.547. The van der Waals surface area contributed by atoms with Crippen LogP contribution in [-0.2, 0) is 9.53 Å². The maximum Gasteiger partial charge on any atom is 0.281 e. The molecule has 1 saturated carbocycles. The van der Waals surface area contributed by atoms with Crippen molar-refractivity contribution in [2.45, 2.75) is 19.8 Å². The number of nitrogens with zero attached hydrogens (tertiary/aromatic N) is 5. The second-order valence-electron chi connectivity index (χ2n) is 9.16. The number of morpholine rings is 1. The molecule has 2 fully saturated rings. The maximum atomic E-state index is 13.7. The predicted molar refractivity (Wildman–Crippen MR) is 128 cm³/mol. The topological polar surface area (TPSA) is 84.7 Å². The van der Waals surface area contributed by atoms with Crippen molar-refractivity contribution in [2.75, 3.05) is 36.5 Å². The number of nitrogens with one attached hydrogen (secondary N) is 1. The van der Waals surface area contributed by atoms with Gasteiger partial charge in [0.15, 0.2) is 0 Å². The molecule has 8 nitrogen and oxygen atoms in total. The van der Waals surface area contributed by atoms with Gasteiger partial charge in [-0.2, -0.15) is 0 Å². The van der Waals surface area contributed by atoms with Gasteiger partial charge in [0.05, 0.1) is 24.6 Å². The molecule has 2 aliphatic rings. The van der Waals surface area contributed by atoms with Crippen LogP contribution in [0.4, 0.5) is 20.3 Å². The van der Waals surface area contributed by atoms with E-state index >= 15 is 0 Å². The molecule has 6 rings (SSSR count). The first kappa shape index (κ1) is 21.8. The molecule has 1 N–H and O–H groups in total. The van der Waals surface area contributed by atoms with Crippen LogP contribution in [0.2, 0.25) is 0 Å². The normalized spacial score (nSPS) is 20.1. The molecule has 2 atom stereocenters. The molecule has 0 bridgehead atoms. The fourth-order valence-electron chi connectivity index (χ4n) is 4.63. The number of hydrogen-bond donors (Lipinski definition) is 1. The maximum absolute atomic E-state index is 13.7. The lowest BCUT2D eigenvalue weighted by atomic mass is 10.0. The van der Waals surface area contributed by atoms with Gasteiger partial charge < -0.3 is 19.4 Å². The summed E-state index contributed by atoms with van der Waals surface area (Å²) < 4.78 is 34.8. The van der Waals surface area contributed by atoms with E-state index in [9.17, 15) is 13.6 Å². The first-order chi connectivity index (χ1) is 17.0. The zero-order valence-corrected chi connectivity index (χ0v) is 19.1. The monoisotopic (exact) mass is 478 g/mol. The van der Waals surface area contributed by atoms with Crippen LogP contribution in [-0.4, -0.2) is 51.6 Å². The molecule has 0 aromatic carbocycles. The van der Waals surface area contributed by atoms with E-state index in [-0.39, 0.29) is 22.9 Å². The second-order valence-corrected chi connectivity index (χ2v) is 9.16. The minimum atomic E-state index is -2.75. The van der Waals surface area contributed by atoms with Crippen LogP contribution in [0, 0.1) is 11.8 Å². The van der Waals surface area contributed by atoms with E-state index in [1.54, 1.807) is 6.07 Å². The number of anilines is 2. The number of alkyl halides is 2. The van der Waals surface area contributed by atoms with Gasteiger partial charge in [-0.3, -0.25) is 9.78 Å². The van der Waals surface area contributed by atoms with E-state index in [1.807, 2.05) is 35.9 Å². The molecule has 4 aromatic rings. The summed E-state index contributed by atoms with van der Waals surface area (Å²) in [6, 6.07) is 5.58. The molecule has 180 valence electrons. The van der Waals surface area contributed by atoms with E-state index in [2.05, 4.69) is 20.2 Å². The van der Waals surface area contributed by atoms with Crippen LogP contribution in [0.5, 0.6) is 0 Å². The van der Waals surface area contributed by atoms with Crippen molar-refractivity contribution in [1.29, 1.82) is 0 Å². The van der Waals surface area contributed by atoms with Gasteiger partial charge in [-0.25, -0.2) is 18.7 Å². The molecule has 0 spiro atoms. The molecule has 5 heterocycles. The van der Waals surface area contributed by atoms with Gasteiger partial charge in [0.2, 0.25) is 5.91 Å². The highest BCUT2D eigenvalue weighted by Gasteiger charge is 2.39. The average Bonchev–Trinajstić information content (AvgIpc) is 3.45. The number of hydrogen-bond acceptors (Lipinski definition) is 6. The van der Waals surface area contributed by atoms with E-state index < -0.39 is 6.43 Å². The van der Waals surface area contributed by atoms with Gasteiger partial charge in [-0.1, -0.05) is 6.92 Å². The molecule has 4 aromatic heterocycles. The lowest BCUT2D eigenvalue weighted by molar-refractivity contribution is -0.117. The molecular formula is C25H24F2N6O2. The Morgan fingerprint density at radius 3 is 2.69 bits per heavy atom. The fourth-order valence-corrected chi connectivity index (χ4v) is 4.63. The number of carbonyl (C=O) groups excluding carboxylic acids is 1. The second kappa shape index (κ2) is 8.53. The Labute approximate surface area is 200 Å². The molecule has 0 unspecified atom stereocenters. The van der Waals surface area contributed by atoms with Crippen molar-refractivity contribution in [1.82, 2.24) is 19.4 Å². The number of aromatic nitrogens is 4. The summed E-state index contributed by atoms with van der Waals surface area (Å²) in [5, 5.41) is 3.58. The quantitative estimate of drug-likeness (QED) is 0.460. The Bertz CT molecular complexity index is 1430. The van der Waals surface area contributed by atoms with Gasteiger partial charge in [0.25, 0.3) is 6.43 Å². The molecule has 1 aliphatic heterocycles. The molecule has 10 heteroatoms. The van der Waals surface area contributed by atoms with Gasteiger partial charge in [-0.15, -0.1) is 0 Å². The van der Waals surface area contributed by atoms with E-state index in [0.717, 1.165) is 30.8 Å². The standard InChI is InChI=1S/C25H24F2N6O2/c1-14-8-16(14)25(34)31-21-9-17-18(10-29-23(24(26)27)19(17)11-28-21)20-13-33-12-15(2-3-22(33)30-20)32-4-6-35-7-5-32/h2-3,9-14,16,24H,4-8H2,1H3,(H,28,31,34)/t14-,16+/m1/s1. The van der Waals surface area contributed by atoms with E-state index in [4.69, 9.17) is 9.72 Å². The Balaban J connectivity index is 1.41. The van der Waals surface area contributed by atoms with Crippen LogP contribution < -0.4 is 10.2 Å². The molecule has 35 heavy (non-hydrogen) atoms. The lowest BCUT2D eigenvalue weighted by Gasteiger charge is -2.28. The Kier molecular flexibility index (Phi) is 5.32. The number of fused-ring (bicyclic) bond motifs is 2. The lowest BCUT2D eigenvalue weighted by Crippen LogP contribution is -2.36. The number of imidazole rings is 1. The molecule has 1 saturated heterocycles. The average molecular weight is 479 g/mol. The number of rotatable bonds is 5. The Morgan fingerprint density at radius 2 is 1.94 bits per heavy atom. The highest BCUT2D eigenvalue weighted by atomic mass is 19.3. The number of halogens is 2. The summed E-state index contributed by atoms with van der Waals surface area (Å²) in [6.45, 7) is 5.03. The molecule has 1 aliphatic carbocycles. The fraction of sp³-hybridized carbons (Fsp3) is 0.360. The van der Waals surface area contributed by atoms with Crippen molar-refractivity contribution in [3.05, 3.63) is 48.7 Å². The summed E-state index contributed by atoms with van der Waals surface area (Å²) in [4.78, 5) is 27.6. The number of ether oxygens (including phenoxy) is 1. The van der Waals surface area contributed by atoms with Crippen molar-refractivity contribution in [3.63, 3.8) is 0 Å². The molecule has 0 radical (unpaired) electrons. The SMILES string of the molecule is C[C@@H]1C[C@@H]1C(=O)Nc1cc2c(-c3cn4cc(N5CCOCC5)ccc4n3)cnc(C(F)F)c2cn1. The number of carbonyl (C=O) groups is 1. The van der Waals surface area contributed by atoms with Gasteiger partial charge in [0.1, 0.15) is 17.2 Å². The van der Waals surface area contributed by atoms with E-state index in [1.165, 1.54) is 12.4 Å². The minimum absolute atomic E-state index is 0.0277. The van der Waals surface area contributed by atoms with Crippen LogP contribution in [0.15, 0.2) is 43.0 Å².